The summed E-state index contributed by atoms with van der Waals surface area (Å²) in [5, 5.41) is 12.5. The number of fused-ring (bicyclic) bond motifs is 1. The summed E-state index contributed by atoms with van der Waals surface area (Å²) in [5.74, 6) is 0.457. The molecule has 8 heteroatoms. The molecule has 0 saturated carbocycles. The molecule has 1 amide bonds. The van der Waals surface area contributed by atoms with Crippen LogP contribution in [0.3, 0.4) is 0 Å². The number of nitrogens with zero attached hydrogens (tertiary/aromatic N) is 6. The van der Waals surface area contributed by atoms with Crippen molar-refractivity contribution in [2.24, 2.45) is 0 Å². The maximum atomic E-state index is 12.9. The van der Waals surface area contributed by atoms with Crippen molar-refractivity contribution in [3.63, 3.8) is 0 Å². The zero-order valence-corrected chi connectivity index (χ0v) is 16.0. The second-order valence-corrected chi connectivity index (χ2v) is 6.73. The fourth-order valence-electron chi connectivity index (χ4n) is 3.16. The highest BCUT2D eigenvalue weighted by Crippen LogP contribution is 2.21. The minimum absolute atomic E-state index is 0.218. The normalized spacial score (nSPS) is 11.3. The summed E-state index contributed by atoms with van der Waals surface area (Å²) in [4.78, 5) is 21.6. The molecule has 0 bridgehead atoms. The van der Waals surface area contributed by atoms with Gasteiger partial charge in [-0.1, -0.05) is 13.0 Å². The number of nitrogens with one attached hydrogen (secondary N) is 1. The van der Waals surface area contributed by atoms with Crippen LogP contribution in [-0.4, -0.2) is 35.4 Å². The van der Waals surface area contributed by atoms with Crippen molar-refractivity contribution in [3.8, 4) is 5.82 Å². The number of aromatic nitrogens is 6. The number of hydrogen-bond donors (Lipinski definition) is 1. The van der Waals surface area contributed by atoms with E-state index in [0.717, 1.165) is 16.7 Å². The Labute approximate surface area is 162 Å². The Balaban J connectivity index is 1.62. The Kier molecular flexibility index (Phi) is 4.60. The number of carbonyl (C=O) groups excluding carboxylic acids is 1. The molecule has 0 atom stereocenters. The fraction of sp³-hybridized carbons (Fsp3) is 0.250. The Morgan fingerprint density at radius 2 is 2.00 bits per heavy atom. The minimum Gasteiger partial charge on any atom is -0.320 e. The van der Waals surface area contributed by atoms with Gasteiger partial charge in [-0.3, -0.25) is 4.79 Å². The largest absolute Gasteiger partial charge is 0.320 e. The number of hydrogen-bond acceptors (Lipinski definition) is 5. The van der Waals surface area contributed by atoms with E-state index >= 15 is 0 Å². The van der Waals surface area contributed by atoms with E-state index < -0.39 is 0 Å². The first-order chi connectivity index (χ1) is 13.6. The van der Waals surface area contributed by atoms with Gasteiger partial charge in [-0.25, -0.2) is 19.3 Å². The van der Waals surface area contributed by atoms with Gasteiger partial charge in [0.2, 0.25) is 0 Å². The van der Waals surface area contributed by atoms with Gasteiger partial charge < -0.3 is 5.32 Å². The third kappa shape index (κ3) is 3.13. The lowest BCUT2D eigenvalue weighted by atomic mass is 10.2. The smallest absolute Gasteiger partial charge is 0.259 e. The predicted octanol–water partition coefficient (Wildman–Crippen LogP) is 3.41. The van der Waals surface area contributed by atoms with Gasteiger partial charge in [-0.05, 0) is 38.5 Å². The van der Waals surface area contributed by atoms with Crippen molar-refractivity contribution in [3.05, 3.63) is 60.3 Å². The molecule has 0 aliphatic heterocycles. The van der Waals surface area contributed by atoms with Crippen LogP contribution in [0.5, 0.6) is 0 Å². The molecule has 1 N–H and O–H groups in total. The van der Waals surface area contributed by atoms with E-state index in [-0.39, 0.29) is 11.9 Å². The highest BCUT2D eigenvalue weighted by molar-refractivity contribution is 6.05. The molecule has 4 aromatic rings. The Bertz CT molecular complexity index is 1130. The van der Waals surface area contributed by atoms with Gasteiger partial charge in [0, 0.05) is 17.6 Å². The van der Waals surface area contributed by atoms with Crippen LogP contribution in [0.4, 0.5) is 5.69 Å². The zero-order chi connectivity index (χ0) is 19.7. The molecule has 142 valence electrons. The molecule has 0 saturated heterocycles. The molecule has 0 aliphatic rings. The van der Waals surface area contributed by atoms with Crippen molar-refractivity contribution in [2.45, 2.75) is 33.2 Å². The number of anilines is 1. The Morgan fingerprint density at radius 3 is 2.71 bits per heavy atom. The molecule has 0 radical (unpaired) electrons. The van der Waals surface area contributed by atoms with Gasteiger partial charge >= 0.3 is 0 Å². The van der Waals surface area contributed by atoms with Gasteiger partial charge in [0.15, 0.2) is 11.5 Å². The van der Waals surface area contributed by atoms with Crippen molar-refractivity contribution < 1.29 is 4.79 Å². The van der Waals surface area contributed by atoms with E-state index in [2.05, 4.69) is 39.3 Å². The van der Waals surface area contributed by atoms with Crippen molar-refractivity contribution in [1.82, 2.24) is 29.5 Å². The quantitative estimate of drug-likeness (QED) is 0.577. The second-order valence-electron chi connectivity index (χ2n) is 6.73. The lowest BCUT2D eigenvalue weighted by Gasteiger charge is -2.09. The summed E-state index contributed by atoms with van der Waals surface area (Å²) in [5.41, 5.74) is 2.74. The van der Waals surface area contributed by atoms with Crippen LogP contribution < -0.4 is 5.32 Å². The summed E-state index contributed by atoms with van der Waals surface area (Å²) in [6, 6.07) is 7.69. The molecule has 8 nitrogen and oxygen atoms in total. The van der Waals surface area contributed by atoms with E-state index in [1.54, 1.807) is 29.5 Å². The molecule has 0 aliphatic carbocycles. The molecular formula is C20H21N7O. The molecule has 0 unspecified atom stereocenters. The summed E-state index contributed by atoms with van der Waals surface area (Å²) in [7, 11) is 0. The molecule has 28 heavy (non-hydrogen) atoms. The molecule has 0 spiro atoms. The lowest BCUT2D eigenvalue weighted by Crippen LogP contribution is -2.14. The minimum atomic E-state index is -0.226. The van der Waals surface area contributed by atoms with Gasteiger partial charge in [-0.15, -0.1) is 0 Å². The van der Waals surface area contributed by atoms with Gasteiger partial charge in [0.25, 0.3) is 5.91 Å². The summed E-state index contributed by atoms with van der Waals surface area (Å²) in [6.45, 7) is 6.09. The first-order valence-corrected chi connectivity index (χ1v) is 9.21. The number of rotatable bonds is 5. The highest BCUT2D eigenvalue weighted by Gasteiger charge is 2.18. The summed E-state index contributed by atoms with van der Waals surface area (Å²) < 4.78 is 3.55. The number of pyridine rings is 2. The molecule has 0 aromatic carbocycles. The predicted molar refractivity (Wildman–Crippen MR) is 107 cm³/mol. The average Bonchev–Trinajstić information content (AvgIpc) is 3.32. The van der Waals surface area contributed by atoms with Crippen molar-refractivity contribution in [2.75, 3.05) is 5.32 Å². The van der Waals surface area contributed by atoms with Gasteiger partial charge in [0.1, 0.15) is 0 Å². The van der Waals surface area contributed by atoms with E-state index in [1.807, 2.05) is 35.9 Å². The SMILES string of the molecule is CCc1c(C(=O)Nc2cnc3c(cnn3C(C)C)c2)cnn1-c1ccccn1. The summed E-state index contributed by atoms with van der Waals surface area (Å²) in [6.07, 6.45) is 7.34. The third-order valence-corrected chi connectivity index (χ3v) is 4.50. The molecule has 0 fully saturated rings. The van der Waals surface area contributed by atoms with Crippen molar-refractivity contribution >= 4 is 22.6 Å². The topological polar surface area (TPSA) is 90.5 Å². The van der Waals surface area contributed by atoms with Crippen LogP contribution in [0, 0.1) is 0 Å². The van der Waals surface area contributed by atoms with Crippen LogP contribution in [0.15, 0.2) is 49.1 Å². The zero-order valence-electron chi connectivity index (χ0n) is 16.0. The lowest BCUT2D eigenvalue weighted by molar-refractivity contribution is 0.102. The van der Waals surface area contributed by atoms with Gasteiger partial charge in [-0.2, -0.15) is 10.2 Å². The average molecular weight is 375 g/mol. The standard InChI is InChI=1S/C20H21N7O/c1-4-17-16(12-24-27(17)18-7-5-6-8-21-18)20(28)25-15-9-14-10-23-26(13(2)3)19(14)22-11-15/h5-13H,4H2,1-3H3,(H,25,28). The van der Waals surface area contributed by atoms with Crippen LogP contribution >= 0.6 is 0 Å². The summed E-state index contributed by atoms with van der Waals surface area (Å²) >= 11 is 0. The first-order valence-electron chi connectivity index (χ1n) is 9.21. The van der Waals surface area contributed by atoms with E-state index in [0.29, 0.717) is 23.5 Å². The maximum absolute atomic E-state index is 12.9. The highest BCUT2D eigenvalue weighted by atomic mass is 16.1. The van der Waals surface area contributed by atoms with Crippen LogP contribution in [0.1, 0.15) is 42.9 Å². The third-order valence-electron chi connectivity index (χ3n) is 4.50. The molecule has 4 heterocycles. The Morgan fingerprint density at radius 1 is 1.14 bits per heavy atom. The first kappa shape index (κ1) is 17.8. The molecule has 4 rings (SSSR count). The fourth-order valence-corrected chi connectivity index (χ4v) is 3.16. The monoisotopic (exact) mass is 375 g/mol. The number of amides is 1. The maximum Gasteiger partial charge on any atom is 0.259 e. The van der Waals surface area contributed by atoms with Crippen LogP contribution in [0.2, 0.25) is 0 Å². The van der Waals surface area contributed by atoms with Crippen molar-refractivity contribution in [1.29, 1.82) is 0 Å². The molecule has 4 aromatic heterocycles. The van der Waals surface area contributed by atoms with Crippen LogP contribution in [0.25, 0.3) is 16.9 Å². The van der Waals surface area contributed by atoms with Crippen LogP contribution in [-0.2, 0) is 6.42 Å². The van der Waals surface area contributed by atoms with Gasteiger partial charge in [0.05, 0.1) is 35.5 Å². The van der Waals surface area contributed by atoms with E-state index in [1.165, 1.54) is 0 Å². The second kappa shape index (κ2) is 7.22. The Hall–Kier alpha value is -3.55. The van der Waals surface area contributed by atoms with E-state index in [9.17, 15) is 4.79 Å². The number of carbonyl (C=O) groups is 1. The molecular weight excluding hydrogens is 354 g/mol. The van der Waals surface area contributed by atoms with E-state index in [4.69, 9.17) is 0 Å².